The smallest absolute Gasteiger partial charge is 0.257 e. The van der Waals surface area contributed by atoms with Crippen LogP contribution >= 0.6 is 0 Å². The lowest BCUT2D eigenvalue weighted by Crippen LogP contribution is -2.41. The molecule has 0 heterocycles. The third kappa shape index (κ3) is 2.07. The summed E-state index contributed by atoms with van der Waals surface area (Å²) in [5.74, 6) is 0.107. The maximum Gasteiger partial charge on any atom is 0.257 e. The molecule has 4 heteroatoms. The SMILES string of the molecule is COc1cccc(C(=O)N(C)C2CCC2)c1O. The van der Waals surface area contributed by atoms with Crippen LogP contribution in [0.2, 0.25) is 0 Å². The molecule has 0 saturated heterocycles. The van der Waals surface area contributed by atoms with E-state index in [1.807, 2.05) is 0 Å². The Balaban J connectivity index is 2.23. The maximum absolute atomic E-state index is 12.2. The van der Waals surface area contributed by atoms with Gasteiger partial charge in [0, 0.05) is 13.1 Å². The Bertz CT molecular complexity index is 427. The van der Waals surface area contributed by atoms with Crippen molar-refractivity contribution in [2.45, 2.75) is 25.3 Å². The predicted octanol–water partition coefficient (Wildman–Crippen LogP) is 2.03. The molecule has 0 radical (unpaired) electrons. The highest BCUT2D eigenvalue weighted by Gasteiger charge is 2.28. The largest absolute Gasteiger partial charge is 0.504 e. The first kappa shape index (κ1) is 11.8. The Labute approximate surface area is 101 Å². The maximum atomic E-state index is 12.2. The van der Waals surface area contributed by atoms with Crippen LogP contribution in [0.4, 0.5) is 0 Å². The first-order valence-electron chi connectivity index (χ1n) is 5.78. The van der Waals surface area contributed by atoms with Crippen LogP contribution < -0.4 is 4.74 Å². The van der Waals surface area contributed by atoms with Crippen molar-refractivity contribution in [2.24, 2.45) is 0 Å². The molecule has 1 aliphatic carbocycles. The van der Waals surface area contributed by atoms with Gasteiger partial charge in [0.1, 0.15) is 0 Å². The zero-order valence-corrected chi connectivity index (χ0v) is 10.1. The van der Waals surface area contributed by atoms with E-state index < -0.39 is 0 Å². The number of carbonyl (C=O) groups excluding carboxylic acids is 1. The minimum atomic E-state index is -0.147. The number of methoxy groups -OCH3 is 1. The zero-order chi connectivity index (χ0) is 12.4. The second-order valence-electron chi connectivity index (χ2n) is 4.36. The average molecular weight is 235 g/mol. The normalized spacial score (nSPS) is 15.2. The van der Waals surface area contributed by atoms with Gasteiger partial charge in [-0.2, -0.15) is 0 Å². The number of ether oxygens (including phenoxy) is 1. The number of carbonyl (C=O) groups is 1. The lowest BCUT2D eigenvalue weighted by molar-refractivity contribution is 0.0648. The monoisotopic (exact) mass is 235 g/mol. The second kappa shape index (κ2) is 4.65. The van der Waals surface area contributed by atoms with Gasteiger partial charge in [-0.1, -0.05) is 6.07 Å². The Morgan fingerprint density at radius 1 is 1.47 bits per heavy atom. The molecule has 1 aromatic rings. The van der Waals surface area contributed by atoms with Gasteiger partial charge in [0.25, 0.3) is 5.91 Å². The van der Waals surface area contributed by atoms with Gasteiger partial charge in [0.2, 0.25) is 0 Å². The molecule has 0 spiro atoms. The number of nitrogens with zero attached hydrogens (tertiary/aromatic N) is 1. The van der Waals surface area contributed by atoms with Crippen molar-refractivity contribution < 1.29 is 14.6 Å². The molecule has 1 N–H and O–H groups in total. The van der Waals surface area contributed by atoms with Crippen LogP contribution in [0.1, 0.15) is 29.6 Å². The Morgan fingerprint density at radius 2 is 2.18 bits per heavy atom. The van der Waals surface area contributed by atoms with Crippen LogP contribution in [-0.4, -0.2) is 36.1 Å². The van der Waals surface area contributed by atoms with E-state index in [4.69, 9.17) is 4.74 Å². The molecule has 1 amide bonds. The van der Waals surface area contributed by atoms with E-state index in [0.29, 0.717) is 17.4 Å². The Morgan fingerprint density at radius 3 is 2.71 bits per heavy atom. The number of benzene rings is 1. The van der Waals surface area contributed by atoms with Crippen LogP contribution in [0.5, 0.6) is 11.5 Å². The number of aromatic hydroxyl groups is 1. The van der Waals surface area contributed by atoms with E-state index in [1.165, 1.54) is 13.5 Å². The standard InChI is InChI=1S/C13H17NO3/c1-14(9-5-3-6-9)13(16)10-7-4-8-11(17-2)12(10)15/h4,7-9,15H,3,5-6H2,1-2H3. The van der Waals surface area contributed by atoms with Crippen LogP contribution in [0.25, 0.3) is 0 Å². The molecule has 1 fully saturated rings. The highest BCUT2D eigenvalue weighted by Crippen LogP contribution is 2.32. The van der Waals surface area contributed by atoms with Crippen molar-refractivity contribution in [3.05, 3.63) is 23.8 Å². The molecule has 0 aromatic heterocycles. The summed E-state index contributed by atoms with van der Waals surface area (Å²) in [6.07, 6.45) is 3.27. The van der Waals surface area contributed by atoms with E-state index in [2.05, 4.69) is 0 Å². The number of para-hydroxylation sites is 1. The van der Waals surface area contributed by atoms with Crippen LogP contribution in [0, 0.1) is 0 Å². The lowest BCUT2D eigenvalue weighted by Gasteiger charge is -2.34. The molecule has 17 heavy (non-hydrogen) atoms. The summed E-state index contributed by atoms with van der Waals surface area (Å²) in [6.45, 7) is 0. The highest BCUT2D eigenvalue weighted by molar-refractivity contribution is 5.97. The van der Waals surface area contributed by atoms with Crippen molar-refractivity contribution in [2.75, 3.05) is 14.2 Å². The summed E-state index contributed by atoms with van der Waals surface area (Å²) in [4.78, 5) is 13.9. The van der Waals surface area contributed by atoms with Crippen LogP contribution in [-0.2, 0) is 0 Å². The van der Waals surface area contributed by atoms with Crippen molar-refractivity contribution >= 4 is 5.91 Å². The zero-order valence-electron chi connectivity index (χ0n) is 10.1. The molecule has 1 aliphatic rings. The number of phenols is 1. The van der Waals surface area contributed by atoms with E-state index >= 15 is 0 Å². The van der Waals surface area contributed by atoms with Gasteiger partial charge in [-0.3, -0.25) is 4.79 Å². The lowest BCUT2D eigenvalue weighted by atomic mass is 9.91. The number of phenolic OH excluding ortho intramolecular Hbond substituents is 1. The first-order chi connectivity index (χ1) is 8.15. The molecule has 1 saturated carbocycles. The van der Waals surface area contributed by atoms with Crippen molar-refractivity contribution in [1.82, 2.24) is 4.90 Å². The second-order valence-corrected chi connectivity index (χ2v) is 4.36. The third-order valence-electron chi connectivity index (χ3n) is 3.39. The summed E-state index contributed by atoms with van der Waals surface area (Å²) in [5.41, 5.74) is 0.304. The van der Waals surface area contributed by atoms with Gasteiger partial charge in [0.05, 0.1) is 12.7 Å². The highest BCUT2D eigenvalue weighted by atomic mass is 16.5. The molecule has 0 atom stereocenters. The van der Waals surface area contributed by atoms with Crippen molar-refractivity contribution in [1.29, 1.82) is 0 Å². The molecular weight excluding hydrogens is 218 g/mol. The van der Waals surface area contributed by atoms with Crippen LogP contribution in [0.3, 0.4) is 0 Å². The minimum absolute atomic E-state index is 0.0776. The van der Waals surface area contributed by atoms with E-state index in [1.54, 1.807) is 30.1 Å². The number of amides is 1. The Kier molecular flexibility index (Phi) is 3.22. The summed E-state index contributed by atoms with van der Waals surface area (Å²) in [5, 5.41) is 9.91. The molecular formula is C13H17NO3. The molecule has 0 aliphatic heterocycles. The molecule has 2 rings (SSSR count). The molecule has 1 aromatic carbocycles. The molecule has 92 valence electrons. The van der Waals surface area contributed by atoms with E-state index in [0.717, 1.165) is 12.8 Å². The number of hydrogen-bond acceptors (Lipinski definition) is 3. The van der Waals surface area contributed by atoms with Gasteiger partial charge >= 0.3 is 0 Å². The fraction of sp³-hybridized carbons (Fsp3) is 0.462. The summed E-state index contributed by atoms with van der Waals surface area (Å²) in [7, 11) is 3.25. The minimum Gasteiger partial charge on any atom is -0.504 e. The number of rotatable bonds is 3. The Hall–Kier alpha value is -1.71. The van der Waals surface area contributed by atoms with Gasteiger partial charge < -0.3 is 14.7 Å². The fourth-order valence-corrected chi connectivity index (χ4v) is 1.99. The van der Waals surface area contributed by atoms with Crippen molar-refractivity contribution in [3.63, 3.8) is 0 Å². The average Bonchev–Trinajstić information content (AvgIpc) is 2.26. The summed E-state index contributed by atoms with van der Waals surface area (Å²) < 4.78 is 5.00. The van der Waals surface area contributed by atoms with E-state index in [-0.39, 0.29) is 11.7 Å². The molecule has 0 bridgehead atoms. The van der Waals surface area contributed by atoms with Gasteiger partial charge in [0.15, 0.2) is 11.5 Å². The first-order valence-corrected chi connectivity index (χ1v) is 5.78. The number of hydrogen-bond donors (Lipinski definition) is 1. The summed E-state index contributed by atoms with van der Waals surface area (Å²) >= 11 is 0. The topological polar surface area (TPSA) is 49.8 Å². The van der Waals surface area contributed by atoms with Gasteiger partial charge in [-0.15, -0.1) is 0 Å². The van der Waals surface area contributed by atoms with E-state index in [9.17, 15) is 9.90 Å². The molecule has 4 nitrogen and oxygen atoms in total. The quantitative estimate of drug-likeness (QED) is 0.872. The van der Waals surface area contributed by atoms with Gasteiger partial charge in [-0.25, -0.2) is 0 Å². The third-order valence-corrected chi connectivity index (χ3v) is 3.39. The van der Waals surface area contributed by atoms with Crippen molar-refractivity contribution in [3.8, 4) is 11.5 Å². The summed E-state index contributed by atoms with van der Waals surface area (Å²) in [6, 6.07) is 5.28. The molecule has 0 unspecified atom stereocenters. The van der Waals surface area contributed by atoms with Crippen LogP contribution in [0.15, 0.2) is 18.2 Å². The fourth-order valence-electron chi connectivity index (χ4n) is 1.99. The van der Waals surface area contributed by atoms with Gasteiger partial charge in [-0.05, 0) is 31.4 Å². The predicted molar refractivity (Wildman–Crippen MR) is 64.4 cm³/mol.